The SMILES string of the molecule is NCCOCCNC(=O)c1ccc(C(=O)NCCN(CCNC(=O)c2cccc(O)c2O)CCNC(=O)c2cccc(O)c2O)c(O)c1O. The third-order valence-corrected chi connectivity index (χ3v) is 7.09. The van der Waals surface area contributed by atoms with Crippen molar-refractivity contribution in [1.82, 2.24) is 26.2 Å². The molecule has 0 aromatic heterocycles. The molecule has 0 saturated carbocycles. The van der Waals surface area contributed by atoms with Gasteiger partial charge in [-0.25, -0.2) is 0 Å². The summed E-state index contributed by atoms with van der Waals surface area (Å²) < 4.78 is 5.17. The van der Waals surface area contributed by atoms with Gasteiger partial charge >= 0.3 is 0 Å². The number of phenolic OH excluding ortho intramolecular Hbond substituents is 6. The molecule has 17 nitrogen and oxygen atoms in total. The molecule has 264 valence electrons. The van der Waals surface area contributed by atoms with Crippen LogP contribution in [0.1, 0.15) is 41.4 Å². The number of para-hydroxylation sites is 2. The van der Waals surface area contributed by atoms with Crippen LogP contribution in [0.25, 0.3) is 0 Å². The van der Waals surface area contributed by atoms with Gasteiger partial charge in [0.1, 0.15) is 0 Å². The van der Waals surface area contributed by atoms with Crippen LogP contribution in [0, 0.1) is 0 Å². The molecule has 0 aliphatic rings. The summed E-state index contributed by atoms with van der Waals surface area (Å²) in [6.07, 6.45) is 0. The van der Waals surface area contributed by atoms with Crippen LogP contribution >= 0.6 is 0 Å². The Kier molecular flexibility index (Phi) is 14.2. The zero-order valence-corrected chi connectivity index (χ0v) is 26.4. The van der Waals surface area contributed by atoms with Gasteiger partial charge in [-0.15, -0.1) is 0 Å². The third-order valence-electron chi connectivity index (χ3n) is 7.09. The van der Waals surface area contributed by atoms with Crippen LogP contribution in [-0.2, 0) is 4.74 Å². The Hall–Kier alpha value is -5.78. The minimum absolute atomic E-state index is 0.00660. The van der Waals surface area contributed by atoms with Crippen LogP contribution < -0.4 is 27.0 Å². The lowest BCUT2D eigenvalue weighted by Crippen LogP contribution is -2.43. The molecule has 0 radical (unpaired) electrons. The second-order valence-electron chi connectivity index (χ2n) is 10.5. The van der Waals surface area contributed by atoms with E-state index in [1.54, 1.807) is 4.90 Å². The lowest BCUT2D eigenvalue weighted by atomic mass is 10.1. The summed E-state index contributed by atoms with van der Waals surface area (Å²) in [6.45, 7) is 1.63. The standard InChI is InChI=1S/C32H40N6O11/c33-9-17-49-18-13-37-32(48)22-8-7-21(27(43)28(22)44)31(47)36-12-16-38(14-10-34-29(45)19-3-1-5-23(39)25(19)41)15-11-35-30(46)20-4-2-6-24(40)26(20)42/h1-8,39-44H,9-18,33H2,(H,34,45)(H,35,46)(H,36,47)(H,37,48). The van der Waals surface area contributed by atoms with E-state index in [0.29, 0.717) is 13.2 Å². The minimum Gasteiger partial charge on any atom is -0.504 e. The number of carbonyl (C=O) groups excluding carboxylic acids is 4. The van der Waals surface area contributed by atoms with Gasteiger partial charge in [0.2, 0.25) is 0 Å². The van der Waals surface area contributed by atoms with Crippen molar-refractivity contribution in [1.29, 1.82) is 0 Å². The van der Waals surface area contributed by atoms with E-state index in [0.717, 1.165) is 0 Å². The third kappa shape index (κ3) is 10.6. The number of hydrogen-bond donors (Lipinski definition) is 11. The molecule has 3 aromatic carbocycles. The van der Waals surface area contributed by atoms with Crippen molar-refractivity contribution in [2.45, 2.75) is 0 Å². The molecule has 0 unspecified atom stereocenters. The number of rotatable bonds is 18. The van der Waals surface area contributed by atoms with Gasteiger partial charge in [0.05, 0.1) is 35.5 Å². The summed E-state index contributed by atoms with van der Waals surface area (Å²) in [7, 11) is 0. The molecule has 49 heavy (non-hydrogen) atoms. The molecule has 17 heteroatoms. The van der Waals surface area contributed by atoms with Crippen LogP contribution in [0.15, 0.2) is 48.5 Å². The van der Waals surface area contributed by atoms with Crippen LogP contribution in [0.2, 0.25) is 0 Å². The highest BCUT2D eigenvalue weighted by Crippen LogP contribution is 2.33. The van der Waals surface area contributed by atoms with Crippen molar-refractivity contribution in [3.63, 3.8) is 0 Å². The van der Waals surface area contributed by atoms with Crippen molar-refractivity contribution in [3.8, 4) is 34.5 Å². The van der Waals surface area contributed by atoms with Crippen molar-refractivity contribution < 1.29 is 54.6 Å². The van der Waals surface area contributed by atoms with E-state index in [4.69, 9.17) is 10.5 Å². The first-order chi connectivity index (χ1) is 23.5. The quantitative estimate of drug-likeness (QED) is 0.0597. The zero-order chi connectivity index (χ0) is 35.9. The largest absolute Gasteiger partial charge is 0.504 e. The predicted octanol–water partition coefficient (Wildman–Crippen LogP) is -0.483. The molecule has 0 saturated heterocycles. The molecule has 0 aliphatic heterocycles. The van der Waals surface area contributed by atoms with Crippen LogP contribution in [0.4, 0.5) is 0 Å². The van der Waals surface area contributed by atoms with Crippen molar-refractivity contribution in [3.05, 3.63) is 70.8 Å². The highest BCUT2D eigenvalue weighted by atomic mass is 16.5. The number of phenols is 6. The summed E-state index contributed by atoms with van der Waals surface area (Å²) in [4.78, 5) is 52.1. The number of aromatic hydroxyl groups is 6. The normalized spacial score (nSPS) is 10.8. The summed E-state index contributed by atoms with van der Waals surface area (Å²) in [5, 5.41) is 70.5. The van der Waals surface area contributed by atoms with E-state index >= 15 is 0 Å². The lowest BCUT2D eigenvalue weighted by Gasteiger charge is -2.23. The van der Waals surface area contributed by atoms with Gasteiger partial charge in [-0.3, -0.25) is 24.1 Å². The molecular weight excluding hydrogens is 644 g/mol. The molecule has 3 rings (SSSR count). The number of benzene rings is 3. The molecule has 3 aromatic rings. The maximum Gasteiger partial charge on any atom is 0.255 e. The van der Waals surface area contributed by atoms with Crippen molar-refractivity contribution in [2.75, 3.05) is 65.6 Å². The van der Waals surface area contributed by atoms with Gasteiger partial charge in [-0.05, 0) is 36.4 Å². The lowest BCUT2D eigenvalue weighted by molar-refractivity contribution is 0.0908. The number of nitrogens with one attached hydrogen (secondary N) is 4. The van der Waals surface area contributed by atoms with Crippen LogP contribution in [0.5, 0.6) is 34.5 Å². The summed E-state index contributed by atoms with van der Waals surface area (Å²) in [5.41, 5.74) is 4.52. The fourth-order valence-electron chi connectivity index (χ4n) is 4.50. The maximum atomic E-state index is 12.9. The monoisotopic (exact) mass is 684 g/mol. The fourth-order valence-corrected chi connectivity index (χ4v) is 4.50. The van der Waals surface area contributed by atoms with Gasteiger partial charge in [-0.2, -0.15) is 0 Å². The van der Waals surface area contributed by atoms with E-state index < -0.39 is 58.1 Å². The Morgan fingerprint density at radius 2 is 0.898 bits per heavy atom. The first-order valence-corrected chi connectivity index (χ1v) is 15.2. The van der Waals surface area contributed by atoms with E-state index in [9.17, 15) is 49.8 Å². The molecule has 0 atom stereocenters. The van der Waals surface area contributed by atoms with Crippen molar-refractivity contribution >= 4 is 23.6 Å². The number of hydrogen-bond acceptors (Lipinski definition) is 13. The maximum absolute atomic E-state index is 12.9. The average molecular weight is 685 g/mol. The van der Waals surface area contributed by atoms with E-state index in [1.807, 2.05) is 0 Å². The number of amides is 4. The molecule has 0 fully saturated rings. The second kappa shape index (κ2) is 18.5. The average Bonchev–Trinajstić information content (AvgIpc) is 3.07. The van der Waals surface area contributed by atoms with E-state index in [-0.39, 0.29) is 74.7 Å². The predicted molar refractivity (Wildman–Crippen MR) is 175 cm³/mol. The summed E-state index contributed by atoms with van der Waals surface area (Å²) >= 11 is 0. The smallest absolute Gasteiger partial charge is 0.255 e. The zero-order valence-electron chi connectivity index (χ0n) is 26.4. The Labute approximate surface area is 280 Å². The minimum atomic E-state index is -0.794. The van der Waals surface area contributed by atoms with Gasteiger partial charge in [0.25, 0.3) is 23.6 Å². The molecular formula is C32H40N6O11. The summed E-state index contributed by atoms with van der Waals surface area (Å²) in [6, 6.07) is 10.3. The first-order valence-electron chi connectivity index (χ1n) is 15.2. The Balaban J connectivity index is 1.60. The van der Waals surface area contributed by atoms with E-state index in [2.05, 4.69) is 21.3 Å². The van der Waals surface area contributed by atoms with Crippen molar-refractivity contribution in [2.24, 2.45) is 5.73 Å². The number of nitrogens with two attached hydrogens (primary N) is 1. The Bertz CT molecular complexity index is 1570. The van der Waals surface area contributed by atoms with E-state index in [1.165, 1.54) is 48.5 Å². The second-order valence-corrected chi connectivity index (χ2v) is 10.5. The topological polar surface area (TPSA) is 276 Å². The number of nitrogens with zero attached hydrogens (tertiary/aromatic N) is 1. The Morgan fingerprint density at radius 3 is 1.29 bits per heavy atom. The van der Waals surface area contributed by atoms with Gasteiger partial charge < -0.3 is 62.4 Å². The highest BCUT2D eigenvalue weighted by Gasteiger charge is 2.21. The molecule has 0 bridgehead atoms. The van der Waals surface area contributed by atoms with Gasteiger partial charge in [0.15, 0.2) is 34.5 Å². The fraction of sp³-hybridized carbons (Fsp3) is 0.312. The number of carbonyl (C=O) groups is 4. The van der Waals surface area contributed by atoms with Gasteiger partial charge in [-0.1, -0.05) is 12.1 Å². The van der Waals surface area contributed by atoms with Crippen LogP contribution in [0.3, 0.4) is 0 Å². The highest BCUT2D eigenvalue weighted by molar-refractivity contribution is 6.03. The van der Waals surface area contributed by atoms with Gasteiger partial charge in [0, 0.05) is 52.4 Å². The Morgan fingerprint density at radius 1 is 0.531 bits per heavy atom. The van der Waals surface area contributed by atoms with Crippen LogP contribution in [-0.4, -0.2) is 125 Å². The summed E-state index contributed by atoms with van der Waals surface area (Å²) in [5.74, 6) is -6.39. The first kappa shape index (κ1) is 37.7. The number of ether oxygens (including phenoxy) is 1. The molecule has 0 aliphatic carbocycles. The molecule has 12 N–H and O–H groups in total. The molecule has 0 spiro atoms. The molecule has 4 amide bonds. The molecule has 0 heterocycles.